The molecule has 0 radical (unpaired) electrons. The lowest BCUT2D eigenvalue weighted by Gasteiger charge is -2.10. The Balaban J connectivity index is 2.37. The lowest BCUT2D eigenvalue weighted by atomic mass is 10.0. The van der Waals surface area contributed by atoms with Crippen LogP contribution in [-0.2, 0) is 0 Å². The summed E-state index contributed by atoms with van der Waals surface area (Å²) in [5.74, 6) is 0.935. The van der Waals surface area contributed by atoms with E-state index in [4.69, 9.17) is 4.74 Å². The van der Waals surface area contributed by atoms with Crippen molar-refractivity contribution in [3.8, 4) is 5.75 Å². The Morgan fingerprint density at radius 3 is 2.52 bits per heavy atom. The highest BCUT2D eigenvalue weighted by Gasteiger charge is 2.05. The zero-order valence-corrected chi connectivity index (χ0v) is 13.3. The van der Waals surface area contributed by atoms with Crippen LogP contribution in [0.15, 0.2) is 42.0 Å². The van der Waals surface area contributed by atoms with Crippen molar-refractivity contribution in [3.63, 3.8) is 0 Å². The number of rotatable bonds is 7. The van der Waals surface area contributed by atoms with Crippen LogP contribution in [0.25, 0.3) is 16.8 Å². The molecule has 0 heterocycles. The predicted octanol–water partition coefficient (Wildman–Crippen LogP) is 4.64. The van der Waals surface area contributed by atoms with E-state index < -0.39 is 0 Å². The summed E-state index contributed by atoms with van der Waals surface area (Å²) in [6, 6.07) is 12.6. The fourth-order valence-corrected chi connectivity index (χ4v) is 2.52. The number of methoxy groups -OCH3 is 1. The van der Waals surface area contributed by atoms with Crippen molar-refractivity contribution in [3.05, 3.63) is 47.5 Å². The van der Waals surface area contributed by atoms with E-state index in [-0.39, 0.29) is 0 Å². The quantitative estimate of drug-likeness (QED) is 0.747. The first-order valence-electron chi connectivity index (χ1n) is 7.76. The van der Waals surface area contributed by atoms with Crippen LogP contribution in [-0.4, -0.2) is 20.2 Å². The third kappa shape index (κ3) is 3.85. The topological polar surface area (TPSA) is 21.3 Å². The first-order valence-corrected chi connectivity index (χ1v) is 7.76. The van der Waals surface area contributed by atoms with E-state index in [1.54, 1.807) is 7.11 Å². The summed E-state index contributed by atoms with van der Waals surface area (Å²) in [4.78, 5) is 0. The van der Waals surface area contributed by atoms with Crippen molar-refractivity contribution >= 4 is 16.8 Å². The zero-order valence-electron chi connectivity index (χ0n) is 13.3. The third-order valence-corrected chi connectivity index (χ3v) is 3.73. The van der Waals surface area contributed by atoms with E-state index in [0.29, 0.717) is 0 Å². The Kier molecular flexibility index (Phi) is 5.82. The molecule has 0 amide bonds. The summed E-state index contributed by atoms with van der Waals surface area (Å²) in [5, 5.41) is 5.90. The number of hydrogen-bond acceptors (Lipinski definition) is 2. The molecule has 112 valence electrons. The summed E-state index contributed by atoms with van der Waals surface area (Å²) < 4.78 is 5.46. The van der Waals surface area contributed by atoms with Crippen LogP contribution in [0.4, 0.5) is 0 Å². The van der Waals surface area contributed by atoms with Crippen LogP contribution in [0.3, 0.4) is 0 Å². The van der Waals surface area contributed by atoms with Crippen LogP contribution in [0.5, 0.6) is 5.75 Å². The molecule has 0 aliphatic heterocycles. The van der Waals surface area contributed by atoms with Crippen molar-refractivity contribution < 1.29 is 4.74 Å². The molecule has 0 saturated heterocycles. The van der Waals surface area contributed by atoms with Crippen molar-refractivity contribution in [2.45, 2.75) is 26.7 Å². The standard InChI is InChI=1S/C19H25NO/c1-4-12-20-14-15(5-2)13-16-10-11-19(21-3)18-9-7-6-8-17(16)18/h6-11,13,20H,4-5,12,14H2,1-3H3/b15-13+. The smallest absolute Gasteiger partial charge is 0.126 e. The lowest BCUT2D eigenvalue weighted by Crippen LogP contribution is -2.17. The zero-order chi connectivity index (χ0) is 15.1. The predicted molar refractivity (Wildman–Crippen MR) is 91.9 cm³/mol. The fraction of sp³-hybridized carbons (Fsp3) is 0.368. The normalized spacial score (nSPS) is 11.9. The van der Waals surface area contributed by atoms with E-state index in [2.05, 4.69) is 61.6 Å². The molecule has 0 spiro atoms. The molecular formula is C19H25NO. The van der Waals surface area contributed by atoms with Crippen LogP contribution in [0, 0.1) is 0 Å². The summed E-state index contributed by atoms with van der Waals surface area (Å²) >= 11 is 0. The van der Waals surface area contributed by atoms with Gasteiger partial charge < -0.3 is 10.1 Å². The maximum Gasteiger partial charge on any atom is 0.126 e. The van der Waals surface area contributed by atoms with E-state index in [9.17, 15) is 0 Å². The summed E-state index contributed by atoms with van der Waals surface area (Å²) in [7, 11) is 1.73. The Morgan fingerprint density at radius 1 is 1.10 bits per heavy atom. The van der Waals surface area contributed by atoms with E-state index in [1.807, 2.05) is 0 Å². The second-order valence-corrected chi connectivity index (χ2v) is 5.24. The molecule has 0 bridgehead atoms. The maximum atomic E-state index is 5.46. The Bertz CT molecular complexity index is 616. The molecule has 0 fully saturated rings. The van der Waals surface area contributed by atoms with Gasteiger partial charge in [-0.25, -0.2) is 0 Å². The van der Waals surface area contributed by atoms with Gasteiger partial charge in [0, 0.05) is 11.9 Å². The third-order valence-electron chi connectivity index (χ3n) is 3.73. The van der Waals surface area contributed by atoms with Gasteiger partial charge in [-0.2, -0.15) is 0 Å². The molecule has 2 heteroatoms. The molecule has 21 heavy (non-hydrogen) atoms. The number of fused-ring (bicyclic) bond motifs is 1. The van der Waals surface area contributed by atoms with Crippen molar-refractivity contribution in [2.75, 3.05) is 20.2 Å². The Morgan fingerprint density at radius 2 is 1.86 bits per heavy atom. The molecule has 0 saturated carbocycles. The van der Waals surface area contributed by atoms with Gasteiger partial charge in [0.15, 0.2) is 0 Å². The molecule has 0 atom stereocenters. The van der Waals surface area contributed by atoms with Crippen molar-refractivity contribution in [1.82, 2.24) is 5.32 Å². The van der Waals surface area contributed by atoms with Gasteiger partial charge in [0.05, 0.1) is 7.11 Å². The lowest BCUT2D eigenvalue weighted by molar-refractivity contribution is 0.420. The minimum atomic E-state index is 0.935. The molecule has 2 aromatic carbocycles. The molecular weight excluding hydrogens is 258 g/mol. The van der Waals surface area contributed by atoms with Gasteiger partial charge in [-0.15, -0.1) is 0 Å². The maximum absolute atomic E-state index is 5.46. The molecule has 2 aromatic rings. The average Bonchev–Trinajstić information content (AvgIpc) is 2.54. The fourth-order valence-electron chi connectivity index (χ4n) is 2.52. The van der Waals surface area contributed by atoms with Crippen LogP contribution in [0.1, 0.15) is 32.3 Å². The largest absolute Gasteiger partial charge is 0.496 e. The van der Waals surface area contributed by atoms with Gasteiger partial charge in [0.1, 0.15) is 5.75 Å². The first kappa shape index (κ1) is 15.6. The summed E-state index contributed by atoms with van der Waals surface area (Å²) in [6.07, 6.45) is 4.55. The summed E-state index contributed by atoms with van der Waals surface area (Å²) in [5.41, 5.74) is 2.69. The molecule has 2 nitrogen and oxygen atoms in total. The minimum absolute atomic E-state index is 0.935. The highest BCUT2D eigenvalue weighted by Crippen LogP contribution is 2.29. The first-order chi connectivity index (χ1) is 10.3. The molecule has 0 aliphatic rings. The van der Waals surface area contributed by atoms with Gasteiger partial charge in [0.2, 0.25) is 0 Å². The van der Waals surface area contributed by atoms with E-state index >= 15 is 0 Å². The highest BCUT2D eigenvalue weighted by molar-refractivity contribution is 5.95. The Labute approximate surface area is 127 Å². The van der Waals surface area contributed by atoms with Crippen LogP contribution < -0.4 is 10.1 Å². The van der Waals surface area contributed by atoms with Crippen LogP contribution >= 0.6 is 0 Å². The molecule has 2 rings (SSSR count). The number of ether oxygens (including phenoxy) is 1. The number of benzene rings is 2. The number of hydrogen-bond donors (Lipinski definition) is 1. The highest BCUT2D eigenvalue weighted by atomic mass is 16.5. The van der Waals surface area contributed by atoms with Gasteiger partial charge in [0.25, 0.3) is 0 Å². The second-order valence-electron chi connectivity index (χ2n) is 5.24. The summed E-state index contributed by atoms with van der Waals surface area (Å²) in [6.45, 7) is 6.44. The van der Waals surface area contributed by atoms with Crippen molar-refractivity contribution in [1.29, 1.82) is 0 Å². The van der Waals surface area contributed by atoms with Crippen LogP contribution in [0.2, 0.25) is 0 Å². The van der Waals surface area contributed by atoms with Gasteiger partial charge >= 0.3 is 0 Å². The van der Waals surface area contributed by atoms with E-state index in [0.717, 1.165) is 25.3 Å². The van der Waals surface area contributed by atoms with Gasteiger partial charge in [-0.3, -0.25) is 0 Å². The number of nitrogens with one attached hydrogen (secondary N) is 1. The average molecular weight is 283 g/mol. The molecule has 0 unspecified atom stereocenters. The minimum Gasteiger partial charge on any atom is -0.496 e. The molecule has 0 aromatic heterocycles. The SMILES string of the molecule is CCCNC/C(=C/c1ccc(OC)c2ccccc12)CC. The van der Waals surface area contributed by atoms with E-state index in [1.165, 1.54) is 28.3 Å². The second kappa shape index (κ2) is 7.84. The van der Waals surface area contributed by atoms with Crippen molar-refractivity contribution in [2.24, 2.45) is 0 Å². The molecule has 1 N–H and O–H groups in total. The van der Waals surface area contributed by atoms with Gasteiger partial charge in [-0.1, -0.05) is 55.8 Å². The van der Waals surface area contributed by atoms with Gasteiger partial charge in [-0.05, 0) is 36.4 Å². The molecule has 0 aliphatic carbocycles. The monoisotopic (exact) mass is 283 g/mol. The Hall–Kier alpha value is -1.80.